The molecule has 5 nitrogen and oxygen atoms in total. The molecule has 0 bridgehead atoms. The van der Waals surface area contributed by atoms with E-state index in [2.05, 4.69) is 29.2 Å². The number of rotatable bonds is 4. The van der Waals surface area contributed by atoms with Crippen LogP contribution in [0.5, 0.6) is 5.75 Å². The van der Waals surface area contributed by atoms with Crippen molar-refractivity contribution in [2.45, 2.75) is 57.5 Å². The number of nitrogens with zero attached hydrogens (tertiary/aromatic N) is 2. The summed E-state index contributed by atoms with van der Waals surface area (Å²) in [4.78, 5) is 30.0. The van der Waals surface area contributed by atoms with E-state index in [1.165, 1.54) is 5.56 Å². The summed E-state index contributed by atoms with van der Waals surface area (Å²) >= 11 is 0. The van der Waals surface area contributed by atoms with Gasteiger partial charge in [-0.25, -0.2) is 0 Å². The number of amides is 2. The average Bonchev–Trinajstić information content (AvgIpc) is 3.05. The molecule has 2 aromatic carbocycles. The van der Waals surface area contributed by atoms with Crippen molar-refractivity contribution in [3.05, 3.63) is 65.2 Å². The molecule has 0 aliphatic carbocycles. The third-order valence-electron chi connectivity index (χ3n) is 6.76. The quantitative estimate of drug-likeness (QED) is 0.722. The smallest absolute Gasteiger partial charge is 0.225 e. The van der Waals surface area contributed by atoms with Gasteiger partial charge in [-0.2, -0.15) is 0 Å². The lowest BCUT2D eigenvalue weighted by molar-refractivity contribution is -0.138. The van der Waals surface area contributed by atoms with Crippen LogP contribution in [-0.4, -0.2) is 41.8 Å². The lowest BCUT2D eigenvalue weighted by atomic mass is 9.90. The second kappa shape index (κ2) is 9.54. The number of fused-ring (bicyclic) bond motifs is 1. The van der Waals surface area contributed by atoms with E-state index in [1.54, 1.807) is 14.0 Å². The van der Waals surface area contributed by atoms with E-state index >= 15 is 0 Å². The van der Waals surface area contributed by atoms with Crippen molar-refractivity contribution < 1.29 is 14.3 Å². The van der Waals surface area contributed by atoms with Crippen molar-refractivity contribution in [2.75, 3.05) is 20.2 Å². The molecule has 0 N–H and O–H groups in total. The number of carbonyl (C=O) groups excluding carboxylic acids is 2. The summed E-state index contributed by atoms with van der Waals surface area (Å²) in [6.45, 7) is 3.05. The summed E-state index contributed by atoms with van der Waals surface area (Å²) < 4.78 is 5.31. The lowest BCUT2D eigenvalue weighted by Gasteiger charge is -2.38. The van der Waals surface area contributed by atoms with Crippen LogP contribution in [0.2, 0.25) is 0 Å². The summed E-state index contributed by atoms with van der Waals surface area (Å²) in [5, 5.41) is 0. The lowest BCUT2D eigenvalue weighted by Crippen LogP contribution is -2.43. The van der Waals surface area contributed by atoms with Gasteiger partial charge in [0.15, 0.2) is 0 Å². The van der Waals surface area contributed by atoms with Crippen LogP contribution in [-0.2, 0) is 16.0 Å². The molecule has 1 saturated heterocycles. The molecule has 0 radical (unpaired) electrons. The highest BCUT2D eigenvalue weighted by molar-refractivity contribution is 5.80. The third-order valence-corrected chi connectivity index (χ3v) is 6.76. The Kier molecular flexibility index (Phi) is 6.59. The fourth-order valence-electron chi connectivity index (χ4n) is 5.11. The third kappa shape index (κ3) is 4.60. The molecule has 2 heterocycles. The maximum Gasteiger partial charge on any atom is 0.225 e. The van der Waals surface area contributed by atoms with Crippen LogP contribution in [0.15, 0.2) is 48.5 Å². The predicted octanol–water partition coefficient (Wildman–Crippen LogP) is 4.67. The van der Waals surface area contributed by atoms with Gasteiger partial charge in [-0.1, -0.05) is 49.2 Å². The Morgan fingerprint density at radius 3 is 2.48 bits per heavy atom. The number of benzene rings is 2. The zero-order valence-electron chi connectivity index (χ0n) is 18.5. The molecule has 5 heteroatoms. The van der Waals surface area contributed by atoms with Gasteiger partial charge in [-0.15, -0.1) is 0 Å². The maximum absolute atomic E-state index is 13.7. The number of hydrogen-bond acceptors (Lipinski definition) is 3. The Morgan fingerprint density at radius 1 is 0.968 bits per heavy atom. The van der Waals surface area contributed by atoms with Crippen molar-refractivity contribution in [1.29, 1.82) is 0 Å². The Balaban J connectivity index is 1.60. The minimum absolute atomic E-state index is 0.0369. The predicted molar refractivity (Wildman–Crippen MR) is 121 cm³/mol. The van der Waals surface area contributed by atoms with Gasteiger partial charge in [0.05, 0.1) is 25.6 Å². The average molecular weight is 421 g/mol. The van der Waals surface area contributed by atoms with Crippen molar-refractivity contribution in [2.24, 2.45) is 0 Å². The van der Waals surface area contributed by atoms with E-state index < -0.39 is 0 Å². The van der Waals surface area contributed by atoms with Crippen LogP contribution in [0, 0.1) is 0 Å². The molecule has 1 fully saturated rings. The molecule has 0 saturated carbocycles. The summed E-state index contributed by atoms with van der Waals surface area (Å²) in [7, 11) is 1.67. The zero-order chi connectivity index (χ0) is 21.8. The molecule has 4 rings (SSSR count). The second-order valence-electron chi connectivity index (χ2n) is 8.61. The Labute approximate surface area is 185 Å². The van der Waals surface area contributed by atoms with Crippen LogP contribution >= 0.6 is 0 Å². The van der Waals surface area contributed by atoms with Crippen molar-refractivity contribution in [3.63, 3.8) is 0 Å². The summed E-state index contributed by atoms with van der Waals surface area (Å²) in [5.74, 6) is 0.997. The Morgan fingerprint density at radius 2 is 1.74 bits per heavy atom. The standard InChI is InChI=1S/C26H32N2O3/c1-19(29)27-17-15-20-8-5-6-9-23(20)25(27)18-26(30)28-16-7-3-4-10-24(28)21-11-13-22(31-2)14-12-21/h5-6,8-9,11-14,24-25H,3-4,7,10,15-18H2,1-2H3. The van der Waals surface area contributed by atoms with Crippen molar-refractivity contribution >= 4 is 11.8 Å². The van der Waals surface area contributed by atoms with E-state index in [9.17, 15) is 9.59 Å². The molecule has 2 aromatic rings. The van der Waals surface area contributed by atoms with E-state index in [0.717, 1.165) is 55.5 Å². The van der Waals surface area contributed by atoms with Gasteiger partial charge in [0, 0.05) is 20.0 Å². The first-order chi connectivity index (χ1) is 15.1. The van der Waals surface area contributed by atoms with Crippen LogP contribution in [0.25, 0.3) is 0 Å². The second-order valence-corrected chi connectivity index (χ2v) is 8.61. The molecule has 0 aromatic heterocycles. The number of carbonyl (C=O) groups is 2. The van der Waals surface area contributed by atoms with E-state index in [-0.39, 0.29) is 23.9 Å². The van der Waals surface area contributed by atoms with Crippen LogP contribution < -0.4 is 4.74 Å². The molecule has 0 spiro atoms. The van der Waals surface area contributed by atoms with E-state index in [4.69, 9.17) is 4.74 Å². The van der Waals surface area contributed by atoms with Crippen molar-refractivity contribution in [3.8, 4) is 5.75 Å². The molecule has 2 aliphatic heterocycles. The van der Waals surface area contributed by atoms with E-state index in [1.807, 2.05) is 29.2 Å². The van der Waals surface area contributed by atoms with Crippen LogP contribution in [0.1, 0.15) is 67.8 Å². The van der Waals surface area contributed by atoms with Gasteiger partial charge in [0.2, 0.25) is 11.8 Å². The monoisotopic (exact) mass is 420 g/mol. The van der Waals surface area contributed by atoms with E-state index in [0.29, 0.717) is 13.0 Å². The van der Waals surface area contributed by atoms with Gasteiger partial charge in [0.1, 0.15) is 5.75 Å². The SMILES string of the molecule is COc1ccc(C2CCCCCN2C(=O)CC2c3ccccc3CCN2C(C)=O)cc1. The number of methoxy groups -OCH3 is 1. The number of hydrogen-bond donors (Lipinski definition) is 0. The van der Waals surface area contributed by atoms with Gasteiger partial charge in [-0.3, -0.25) is 9.59 Å². The highest BCUT2D eigenvalue weighted by Gasteiger charge is 2.34. The highest BCUT2D eigenvalue weighted by Crippen LogP contribution is 2.36. The summed E-state index contributed by atoms with van der Waals surface area (Å²) in [5.41, 5.74) is 3.53. The fourth-order valence-corrected chi connectivity index (χ4v) is 5.11. The normalized spacial score (nSPS) is 21.2. The molecule has 2 atom stereocenters. The van der Waals surface area contributed by atoms with Gasteiger partial charge in [-0.05, 0) is 48.1 Å². The minimum atomic E-state index is -0.185. The van der Waals surface area contributed by atoms with Crippen LogP contribution in [0.4, 0.5) is 0 Å². The van der Waals surface area contributed by atoms with Crippen LogP contribution in [0.3, 0.4) is 0 Å². The molecule has 2 amide bonds. The molecular formula is C26H32N2O3. The number of likely N-dealkylation sites (tertiary alicyclic amines) is 1. The molecular weight excluding hydrogens is 388 g/mol. The van der Waals surface area contributed by atoms with Gasteiger partial charge < -0.3 is 14.5 Å². The Hall–Kier alpha value is -2.82. The largest absolute Gasteiger partial charge is 0.497 e. The first-order valence-electron chi connectivity index (χ1n) is 11.4. The molecule has 31 heavy (non-hydrogen) atoms. The molecule has 2 unspecified atom stereocenters. The number of ether oxygens (including phenoxy) is 1. The highest BCUT2D eigenvalue weighted by atomic mass is 16.5. The van der Waals surface area contributed by atoms with Crippen molar-refractivity contribution in [1.82, 2.24) is 9.80 Å². The Bertz CT molecular complexity index is 925. The first-order valence-corrected chi connectivity index (χ1v) is 11.4. The zero-order valence-corrected chi connectivity index (χ0v) is 18.5. The molecule has 164 valence electrons. The minimum Gasteiger partial charge on any atom is -0.497 e. The first kappa shape index (κ1) is 21.4. The topological polar surface area (TPSA) is 49.9 Å². The summed E-state index contributed by atoms with van der Waals surface area (Å²) in [6, 6.07) is 16.2. The maximum atomic E-state index is 13.7. The molecule has 2 aliphatic rings. The summed E-state index contributed by atoms with van der Waals surface area (Å²) in [6.07, 6.45) is 5.43. The van der Waals surface area contributed by atoms with Gasteiger partial charge >= 0.3 is 0 Å². The fraction of sp³-hybridized carbons (Fsp3) is 0.462. The van der Waals surface area contributed by atoms with Gasteiger partial charge in [0.25, 0.3) is 0 Å².